The standard InChI is InChI=1S/C33H47F3N2O3/c1-19(2)27-25-26(24-21(38(27)39)16-30(6,7)17-22(24)40-31(8,9)29(3,4)5)32(14-10-11-15-32)41-28(25)20-12-13-23(37-18-20)33(34,35)36/h12-13,18-19,21-22,28,39H,10-11,14-17H2,1-9H3. The second kappa shape index (κ2) is 9.81. The number of aromatic nitrogens is 1. The molecule has 1 spiro atoms. The van der Waals surface area contributed by atoms with Crippen molar-refractivity contribution in [1.82, 2.24) is 10.0 Å². The van der Waals surface area contributed by atoms with E-state index in [1.165, 1.54) is 17.3 Å². The molecule has 1 saturated heterocycles. The van der Waals surface area contributed by atoms with E-state index in [0.29, 0.717) is 5.56 Å². The third-order valence-corrected chi connectivity index (χ3v) is 10.2. The van der Waals surface area contributed by atoms with Gasteiger partial charge in [0.2, 0.25) is 0 Å². The Morgan fingerprint density at radius 3 is 2.20 bits per heavy atom. The number of pyridine rings is 1. The predicted octanol–water partition coefficient (Wildman–Crippen LogP) is 8.79. The van der Waals surface area contributed by atoms with E-state index in [1.807, 2.05) is 0 Å². The van der Waals surface area contributed by atoms with E-state index in [9.17, 15) is 18.4 Å². The van der Waals surface area contributed by atoms with Crippen LogP contribution in [-0.4, -0.2) is 38.6 Å². The fourth-order valence-corrected chi connectivity index (χ4v) is 7.27. The predicted molar refractivity (Wildman–Crippen MR) is 152 cm³/mol. The molecule has 3 atom stereocenters. The van der Waals surface area contributed by atoms with Gasteiger partial charge in [0.15, 0.2) is 0 Å². The molecule has 1 aromatic rings. The Balaban J connectivity index is 1.75. The Morgan fingerprint density at radius 2 is 1.68 bits per heavy atom. The molecule has 41 heavy (non-hydrogen) atoms. The van der Waals surface area contributed by atoms with Crippen LogP contribution < -0.4 is 0 Å². The maximum atomic E-state index is 13.4. The zero-order valence-electron chi connectivity index (χ0n) is 26.1. The topological polar surface area (TPSA) is 54.8 Å². The molecule has 1 N–H and O–H groups in total. The summed E-state index contributed by atoms with van der Waals surface area (Å²) in [6, 6.07) is 2.25. The Kier molecular flexibility index (Phi) is 7.31. The van der Waals surface area contributed by atoms with Crippen LogP contribution in [0.3, 0.4) is 0 Å². The lowest BCUT2D eigenvalue weighted by atomic mass is 9.65. The first-order valence-electron chi connectivity index (χ1n) is 15.1. The first-order chi connectivity index (χ1) is 18.8. The van der Waals surface area contributed by atoms with E-state index < -0.39 is 29.2 Å². The lowest BCUT2D eigenvalue weighted by molar-refractivity contribution is -0.161. The highest BCUT2D eigenvalue weighted by Crippen LogP contribution is 2.62. The zero-order chi connectivity index (χ0) is 30.3. The largest absolute Gasteiger partial charge is 0.433 e. The highest BCUT2D eigenvalue weighted by molar-refractivity contribution is 5.58. The van der Waals surface area contributed by atoms with Crippen LogP contribution in [0.5, 0.6) is 0 Å². The van der Waals surface area contributed by atoms with Crippen LogP contribution in [0.4, 0.5) is 13.2 Å². The number of fused-ring (bicyclic) bond motifs is 3. The van der Waals surface area contributed by atoms with E-state index in [1.54, 1.807) is 0 Å². The molecule has 0 amide bonds. The highest BCUT2D eigenvalue weighted by atomic mass is 19.4. The van der Waals surface area contributed by atoms with Gasteiger partial charge >= 0.3 is 6.18 Å². The summed E-state index contributed by atoms with van der Waals surface area (Å²) >= 11 is 0. The summed E-state index contributed by atoms with van der Waals surface area (Å²) in [6.45, 7) is 19.4. The molecule has 0 bridgehead atoms. The summed E-state index contributed by atoms with van der Waals surface area (Å²) in [7, 11) is 0. The van der Waals surface area contributed by atoms with Gasteiger partial charge in [0, 0.05) is 17.3 Å². The molecule has 3 fully saturated rings. The number of allylic oxidation sites excluding steroid dienone is 1. The molecule has 0 radical (unpaired) electrons. The zero-order valence-corrected chi connectivity index (χ0v) is 26.1. The minimum atomic E-state index is -4.52. The van der Waals surface area contributed by atoms with Crippen molar-refractivity contribution in [3.8, 4) is 0 Å². The van der Waals surface area contributed by atoms with Gasteiger partial charge in [-0.05, 0) is 73.5 Å². The van der Waals surface area contributed by atoms with Gasteiger partial charge in [-0.1, -0.05) is 67.4 Å². The molecule has 1 aromatic heterocycles. The quantitative estimate of drug-likeness (QED) is 0.388. The van der Waals surface area contributed by atoms with Gasteiger partial charge in [-0.15, -0.1) is 0 Å². The first kappa shape index (κ1) is 30.6. The summed E-state index contributed by atoms with van der Waals surface area (Å²) < 4.78 is 54.2. The maximum Gasteiger partial charge on any atom is 0.433 e. The number of halogens is 3. The normalized spacial score (nSPS) is 28.1. The molecule has 5 rings (SSSR count). The Bertz CT molecular complexity index is 1230. The average molecular weight is 577 g/mol. The van der Waals surface area contributed by atoms with E-state index in [4.69, 9.17) is 9.47 Å². The van der Waals surface area contributed by atoms with E-state index >= 15 is 0 Å². The smallest absolute Gasteiger partial charge is 0.367 e. The van der Waals surface area contributed by atoms with Crippen molar-refractivity contribution < 1.29 is 27.9 Å². The summed E-state index contributed by atoms with van der Waals surface area (Å²) in [6.07, 6.45) is 1.19. The molecule has 8 heteroatoms. The fourth-order valence-electron chi connectivity index (χ4n) is 7.27. The van der Waals surface area contributed by atoms with Crippen LogP contribution in [0.2, 0.25) is 0 Å². The van der Waals surface area contributed by atoms with Gasteiger partial charge in [0.1, 0.15) is 11.8 Å². The highest BCUT2D eigenvalue weighted by Gasteiger charge is 2.59. The monoisotopic (exact) mass is 576 g/mol. The summed E-state index contributed by atoms with van der Waals surface area (Å²) in [5, 5.41) is 13.4. The van der Waals surface area contributed by atoms with Gasteiger partial charge in [0.25, 0.3) is 0 Å². The molecule has 4 aliphatic rings. The number of hydrogen-bond acceptors (Lipinski definition) is 5. The minimum Gasteiger partial charge on any atom is -0.367 e. The van der Waals surface area contributed by atoms with Gasteiger partial charge in [-0.25, -0.2) is 0 Å². The second-order valence-corrected chi connectivity index (χ2v) is 15.3. The number of hydroxylamine groups is 2. The average Bonchev–Trinajstić information content (AvgIpc) is 3.42. The Labute approximate surface area is 243 Å². The Morgan fingerprint density at radius 1 is 1.05 bits per heavy atom. The second-order valence-electron chi connectivity index (χ2n) is 15.3. The molecular weight excluding hydrogens is 529 g/mol. The molecule has 3 unspecified atom stereocenters. The van der Waals surface area contributed by atoms with Crippen molar-refractivity contribution in [3.05, 3.63) is 52.0 Å². The third-order valence-electron chi connectivity index (χ3n) is 10.2. The lowest BCUT2D eigenvalue weighted by Crippen LogP contribution is -2.54. The summed E-state index contributed by atoms with van der Waals surface area (Å²) in [5.74, 6) is -0.0352. The van der Waals surface area contributed by atoms with Crippen molar-refractivity contribution in [2.45, 2.75) is 136 Å². The summed E-state index contributed by atoms with van der Waals surface area (Å²) in [5.41, 5.74) is 2.32. The Hall–Kier alpha value is -1.90. The van der Waals surface area contributed by atoms with Crippen molar-refractivity contribution in [3.63, 3.8) is 0 Å². The van der Waals surface area contributed by atoms with Gasteiger partial charge < -0.3 is 9.47 Å². The van der Waals surface area contributed by atoms with Crippen LogP contribution >= 0.6 is 0 Å². The molecule has 0 aromatic carbocycles. The van der Waals surface area contributed by atoms with Crippen LogP contribution in [0.1, 0.15) is 118 Å². The SMILES string of the molecule is CC(C)C1=C2C(=C3C(OC(C)(C)C(C)(C)C)CC(C)(C)CC3N1O)C1(CCCC1)OC2c1ccc(C(F)(F)F)nc1. The number of nitrogens with zero attached hydrogens (tertiary/aromatic N) is 2. The van der Waals surface area contributed by atoms with Crippen LogP contribution in [0.15, 0.2) is 40.7 Å². The molecule has 3 heterocycles. The van der Waals surface area contributed by atoms with E-state index in [0.717, 1.165) is 67.0 Å². The van der Waals surface area contributed by atoms with E-state index in [-0.39, 0.29) is 28.9 Å². The van der Waals surface area contributed by atoms with Crippen molar-refractivity contribution in [2.75, 3.05) is 0 Å². The molecule has 2 aliphatic carbocycles. The number of rotatable bonds is 4. The number of ether oxygens (including phenoxy) is 2. The van der Waals surface area contributed by atoms with Crippen molar-refractivity contribution in [1.29, 1.82) is 0 Å². The molecule has 228 valence electrons. The fraction of sp³-hybridized carbons (Fsp3) is 0.727. The van der Waals surface area contributed by atoms with Gasteiger partial charge in [-0.3, -0.25) is 15.3 Å². The molecule has 2 saturated carbocycles. The molecule has 2 aliphatic heterocycles. The van der Waals surface area contributed by atoms with Crippen LogP contribution in [0.25, 0.3) is 0 Å². The maximum absolute atomic E-state index is 13.4. The van der Waals surface area contributed by atoms with Crippen LogP contribution in [-0.2, 0) is 15.7 Å². The minimum absolute atomic E-state index is 0.0352. The third kappa shape index (κ3) is 5.16. The lowest BCUT2D eigenvalue weighted by Gasteiger charge is -2.52. The van der Waals surface area contributed by atoms with Crippen LogP contribution in [0, 0.1) is 16.7 Å². The van der Waals surface area contributed by atoms with Gasteiger partial charge in [-0.2, -0.15) is 13.2 Å². The van der Waals surface area contributed by atoms with Crippen molar-refractivity contribution in [2.24, 2.45) is 16.7 Å². The number of alkyl halides is 3. The molecular formula is C33H47F3N2O3. The summed E-state index contributed by atoms with van der Waals surface area (Å²) in [4.78, 5) is 3.78. The number of hydrogen-bond donors (Lipinski definition) is 1. The first-order valence-corrected chi connectivity index (χ1v) is 15.1. The van der Waals surface area contributed by atoms with Gasteiger partial charge in [0.05, 0.1) is 29.0 Å². The van der Waals surface area contributed by atoms with E-state index in [2.05, 4.69) is 67.3 Å². The molecule has 5 nitrogen and oxygen atoms in total. The van der Waals surface area contributed by atoms with Crippen molar-refractivity contribution >= 4 is 0 Å².